The fourth-order valence-corrected chi connectivity index (χ4v) is 1.79. The highest BCUT2D eigenvalue weighted by atomic mass is 19.1. The maximum atomic E-state index is 13.4. The topological polar surface area (TPSA) is 104 Å². The Morgan fingerprint density at radius 1 is 1.10 bits per heavy atom. The van der Waals surface area contributed by atoms with E-state index in [0.717, 1.165) is 0 Å². The van der Waals surface area contributed by atoms with Gasteiger partial charge < -0.3 is 15.5 Å². The Kier molecular flexibility index (Phi) is 3.39. The van der Waals surface area contributed by atoms with E-state index in [4.69, 9.17) is 10.2 Å². The van der Waals surface area contributed by atoms with Crippen molar-refractivity contribution in [3.63, 3.8) is 0 Å². The summed E-state index contributed by atoms with van der Waals surface area (Å²) in [5.41, 5.74) is -1.28. The molecule has 1 aromatic rings. The molecule has 0 aromatic heterocycles. The number of aromatic carboxylic acids is 1. The van der Waals surface area contributed by atoms with Crippen molar-refractivity contribution in [2.45, 2.75) is 6.42 Å². The highest BCUT2D eigenvalue weighted by Crippen LogP contribution is 2.39. The molecular weight excluding hydrogens is 276 g/mol. The Morgan fingerprint density at radius 3 is 2.25 bits per heavy atom. The second-order valence-corrected chi connectivity index (χ2v) is 4.39. The number of halogens is 2. The van der Waals surface area contributed by atoms with E-state index < -0.39 is 52.6 Å². The number of carboxylic acids is 2. The summed E-state index contributed by atoms with van der Waals surface area (Å²) in [5, 5.41) is 19.4. The van der Waals surface area contributed by atoms with Crippen LogP contribution in [0.3, 0.4) is 0 Å². The van der Waals surface area contributed by atoms with Crippen molar-refractivity contribution in [1.29, 1.82) is 0 Å². The van der Waals surface area contributed by atoms with Crippen molar-refractivity contribution in [2.24, 2.45) is 11.8 Å². The third kappa shape index (κ3) is 2.58. The normalized spacial score (nSPS) is 20.3. The number of hydrogen-bond acceptors (Lipinski definition) is 3. The number of nitrogens with one attached hydrogen (secondary N) is 1. The lowest BCUT2D eigenvalue weighted by Crippen LogP contribution is -2.18. The Labute approximate surface area is 111 Å². The predicted octanol–water partition coefficient (Wildman–Crippen LogP) is 1.32. The first-order chi connectivity index (χ1) is 9.31. The van der Waals surface area contributed by atoms with Gasteiger partial charge in [0.2, 0.25) is 5.91 Å². The first kappa shape index (κ1) is 13.9. The molecule has 0 heterocycles. The average molecular weight is 285 g/mol. The summed E-state index contributed by atoms with van der Waals surface area (Å²) < 4.78 is 26.6. The maximum absolute atomic E-state index is 13.4. The average Bonchev–Trinajstić information content (AvgIpc) is 3.12. The molecule has 1 fully saturated rings. The van der Waals surface area contributed by atoms with Gasteiger partial charge in [0.15, 0.2) is 0 Å². The number of aliphatic carboxylic acids is 1. The number of amides is 1. The van der Waals surface area contributed by atoms with Crippen LogP contribution in [0.2, 0.25) is 0 Å². The summed E-state index contributed by atoms with van der Waals surface area (Å²) in [4.78, 5) is 32.9. The monoisotopic (exact) mass is 285 g/mol. The van der Waals surface area contributed by atoms with Crippen molar-refractivity contribution in [2.75, 3.05) is 5.32 Å². The summed E-state index contributed by atoms with van der Waals surface area (Å²) in [6.07, 6.45) is 0.135. The van der Waals surface area contributed by atoms with Crippen LogP contribution in [0.25, 0.3) is 0 Å². The van der Waals surface area contributed by atoms with E-state index in [1.165, 1.54) is 0 Å². The number of anilines is 1. The SMILES string of the molecule is O=C(O)c1cc(NC(=O)C2CC2C(=O)O)c(F)cc1F. The third-order valence-electron chi connectivity index (χ3n) is 2.99. The van der Waals surface area contributed by atoms with E-state index in [9.17, 15) is 23.2 Å². The molecule has 0 spiro atoms. The molecule has 1 saturated carbocycles. The summed E-state index contributed by atoms with van der Waals surface area (Å²) >= 11 is 0. The van der Waals surface area contributed by atoms with Crippen LogP contribution < -0.4 is 5.32 Å². The zero-order chi connectivity index (χ0) is 15.0. The zero-order valence-electron chi connectivity index (χ0n) is 9.89. The van der Waals surface area contributed by atoms with E-state index in [0.29, 0.717) is 12.1 Å². The Balaban J connectivity index is 2.18. The molecule has 0 bridgehead atoms. The fourth-order valence-electron chi connectivity index (χ4n) is 1.79. The van der Waals surface area contributed by atoms with Crippen molar-refractivity contribution < 1.29 is 33.4 Å². The second-order valence-electron chi connectivity index (χ2n) is 4.39. The van der Waals surface area contributed by atoms with Gasteiger partial charge in [0.05, 0.1) is 23.1 Å². The van der Waals surface area contributed by atoms with Gasteiger partial charge in [0.1, 0.15) is 11.6 Å². The number of benzene rings is 1. The third-order valence-corrected chi connectivity index (χ3v) is 2.99. The van der Waals surface area contributed by atoms with Crippen LogP contribution in [-0.2, 0) is 9.59 Å². The fraction of sp³-hybridized carbons (Fsp3) is 0.250. The van der Waals surface area contributed by atoms with Gasteiger partial charge in [-0.2, -0.15) is 0 Å². The summed E-state index contributed by atoms with van der Waals surface area (Å²) in [6, 6.07) is 1.00. The Hall–Kier alpha value is -2.51. The van der Waals surface area contributed by atoms with Gasteiger partial charge in [0.25, 0.3) is 0 Å². The molecule has 0 aliphatic heterocycles. The molecule has 3 N–H and O–H groups in total. The molecule has 20 heavy (non-hydrogen) atoms. The molecule has 6 nitrogen and oxygen atoms in total. The molecule has 1 amide bonds. The number of carbonyl (C=O) groups excluding carboxylic acids is 1. The summed E-state index contributed by atoms with van der Waals surface area (Å²) in [7, 11) is 0. The Bertz CT molecular complexity index is 616. The number of hydrogen-bond donors (Lipinski definition) is 3. The van der Waals surface area contributed by atoms with Crippen molar-refractivity contribution in [3.8, 4) is 0 Å². The minimum Gasteiger partial charge on any atom is -0.481 e. The van der Waals surface area contributed by atoms with Gasteiger partial charge in [-0.15, -0.1) is 0 Å². The lowest BCUT2D eigenvalue weighted by molar-refractivity contribution is -0.139. The molecule has 106 valence electrons. The first-order valence-electron chi connectivity index (χ1n) is 5.57. The standard InChI is InChI=1S/C12H9F2NO5/c13-7-3-8(14)9(2-6(7)12(19)20)15-10(16)4-1-5(4)11(17)18/h2-5H,1H2,(H,15,16)(H,17,18)(H,19,20). The minimum absolute atomic E-state index is 0.135. The van der Waals surface area contributed by atoms with E-state index in [1.54, 1.807) is 0 Å². The predicted molar refractivity (Wildman–Crippen MR) is 61.2 cm³/mol. The van der Waals surface area contributed by atoms with Crippen LogP contribution in [0.15, 0.2) is 12.1 Å². The van der Waals surface area contributed by atoms with Crippen LogP contribution in [0.5, 0.6) is 0 Å². The zero-order valence-corrected chi connectivity index (χ0v) is 9.89. The van der Waals surface area contributed by atoms with Gasteiger partial charge in [-0.25, -0.2) is 13.6 Å². The molecule has 1 aliphatic rings. The highest BCUT2D eigenvalue weighted by molar-refractivity contribution is 5.99. The molecule has 2 unspecified atom stereocenters. The smallest absolute Gasteiger partial charge is 0.338 e. The largest absolute Gasteiger partial charge is 0.481 e. The molecule has 0 saturated heterocycles. The molecule has 2 rings (SSSR count). The minimum atomic E-state index is -1.60. The van der Waals surface area contributed by atoms with Gasteiger partial charge in [0, 0.05) is 6.07 Å². The number of carboxylic acid groups (broad SMARTS) is 2. The summed E-state index contributed by atoms with van der Waals surface area (Å²) in [6.45, 7) is 0. The molecular formula is C12H9F2NO5. The van der Waals surface area contributed by atoms with Crippen molar-refractivity contribution >= 4 is 23.5 Å². The molecule has 2 atom stereocenters. The van der Waals surface area contributed by atoms with Gasteiger partial charge in [-0.1, -0.05) is 0 Å². The van der Waals surface area contributed by atoms with Gasteiger partial charge in [-0.3, -0.25) is 9.59 Å². The van der Waals surface area contributed by atoms with E-state index in [-0.39, 0.29) is 6.42 Å². The lowest BCUT2D eigenvalue weighted by Gasteiger charge is -2.07. The quantitative estimate of drug-likeness (QED) is 0.774. The van der Waals surface area contributed by atoms with Crippen molar-refractivity contribution in [1.82, 2.24) is 0 Å². The maximum Gasteiger partial charge on any atom is 0.338 e. The first-order valence-corrected chi connectivity index (χ1v) is 5.57. The van der Waals surface area contributed by atoms with E-state index in [2.05, 4.69) is 5.32 Å². The van der Waals surface area contributed by atoms with Crippen LogP contribution >= 0.6 is 0 Å². The lowest BCUT2D eigenvalue weighted by atomic mass is 10.1. The molecule has 1 aliphatic carbocycles. The highest BCUT2D eigenvalue weighted by Gasteiger charge is 2.48. The van der Waals surface area contributed by atoms with Crippen LogP contribution in [0.1, 0.15) is 16.8 Å². The molecule has 1 aromatic carbocycles. The van der Waals surface area contributed by atoms with Gasteiger partial charge in [-0.05, 0) is 12.5 Å². The molecule has 8 heteroatoms. The van der Waals surface area contributed by atoms with Crippen LogP contribution in [0, 0.1) is 23.5 Å². The van der Waals surface area contributed by atoms with Crippen LogP contribution in [-0.4, -0.2) is 28.1 Å². The van der Waals surface area contributed by atoms with E-state index >= 15 is 0 Å². The number of rotatable bonds is 4. The van der Waals surface area contributed by atoms with Gasteiger partial charge >= 0.3 is 11.9 Å². The Morgan fingerprint density at radius 2 is 1.75 bits per heavy atom. The molecule has 0 radical (unpaired) electrons. The van der Waals surface area contributed by atoms with E-state index in [1.807, 2.05) is 0 Å². The number of carbonyl (C=O) groups is 3. The summed E-state index contributed by atoms with van der Waals surface area (Å²) in [5.74, 6) is -7.47. The van der Waals surface area contributed by atoms with Crippen LogP contribution in [0.4, 0.5) is 14.5 Å². The van der Waals surface area contributed by atoms with Crippen molar-refractivity contribution in [3.05, 3.63) is 29.3 Å². The second kappa shape index (κ2) is 4.87.